The van der Waals surface area contributed by atoms with Crippen molar-refractivity contribution in [2.24, 2.45) is 0 Å². The summed E-state index contributed by atoms with van der Waals surface area (Å²) in [4.78, 5) is 23.6. The van der Waals surface area contributed by atoms with Gasteiger partial charge in [-0.3, -0.25) is 9.69 Å². The summed E-state index contributed by atoms with van der Waals surface area (Å²) in [5.41, 5.74) is 2.01. The van der Waals surface area contributed by atoms with Crippen LogP contribution < -0.4 is 15.1 Å². The normalized spacial score (nSPS) is 18.0. The summed E-state index contributed by atoms with van der Waals surface area (Å²) in [7, 11) is 0. The highest BCUT2D eigenvalue weighted by Gasteiger charge is 2.20. The summed E-state index contributed by atoms with van der Waals surface area (Å²) in [5.74, 6) is 1.01. The van der Waals surface area contributed by atoms with Crippen molar-refractivity contribution in [1.29, 1.82) is 0 Å². The number of pyridine rings is 1. The Morgan fingerprint density at radius 1 is 0.966 bits per heavy atom. The number of piperazine rings is 1. The lowest BCUT2D eigenvalue weighted by Crippen LogP contribution is -2.48. The molecule has 0 saturated carbocycles. The van der Waals surface area contributed by atoms with Crippen LogP contribution in [0.1, 0.15) is 0 Å². The number of carbonyl (C=O) groups excluding carboxylic acids is 1. The molecule has 7 nitrogen and oxygen atoms in total. The third kappa shape index (κ3) is 5.46. The molecule has 2 saturated heterocycles. The molecule has 4 rings (SSSR count). The minimum atomic E-state index is 0.0272. The maximum atomic E-state index is 12.4. The van der Waals surface area contributed by atoms with E-state index in [2.05, 4.69) is 53.1 Å². The first-order valence-corrected chi connectivity index (χ1v) is 10.8. The molecular formula is C21H26BrN5O2. The Morgan fingerprint density at radius 2 is 1.69 bits per heavy atom. The molecular weight excluding hydrogens is 434 g/mol. The second-order valence-corrected chi connectivity index (χ2v) is 8.21. The van der Waals surface area contributed by atoms with Crippen LogP contribution in [0.4, 0.5) is 17.2 Å². The Morgan fingerprint density at radius 3 is 2.34 bits per heavy atom. The molecule has 0 bridgehead atoms. The molecule has 0 aliphatic carbocycles. The minimum Gasteiger partial charge on any atom is -0.378 e. The Labute approximate surface area is 179 Å². The van der Waals surface area contributed by atoms with E-state index in [9.17, 15) is 4.79 Å². The van der Waals surface area contributed by atoms with Crippen molar-refractivity contribution in [2.45, 2.75) is 0 Å². The number of morpholine rings is 1. The molecule has 2 fully saturated rings. The van der Waals surface area contributed by atoms with E-state index in [1.54, 1.807) is 0 Å². The molecule has 2 aromatic rings. The van der Waals surface area contributed by atoms with E-state index in [4.69, 9.17) is 4.74 Å². The van der Waals surface area contributed by atoms with Crippen molar-refractivity contribution in [3.05, 3.63) is 47.1 Å². The third-order valence-electron chi connectivity index (χ3n) is 5.30. The first kappa shape index (κ1) is 20.1. The number of hydrogen-bond donors (Lipinski definition) is 1. The zero-order valence-corrected chi connectivity index (χ0v) is 18.0. The number of aromatic nitrogens is 1. The Balaban J connectivity index is 1.23. The molecule has 0 spiro atoms. The highest BCUT2D eigenvalue weighted by atomic mass is 79.9. The second kappa shape index (κ2) is 9.56. The van der Waals surface area contributed by atoms with Gasteiger partial charge in [-0.25, -0.2) is 4.98 Å². The van der Waals surface area contributed by atoms with Gasteiger partial charge in [0.15, 0.2) is 0 Å². The van der Waals surface area contributed by atoms with Gasteiger partial charge in [0, 0.05) is 61.3 Å². The van der Waals surface area contributed by atoms with Gasteiger partial charge >= 0.3 is 0 Å². The zero-order chi connectivity index (χ0) is 20.1. The average Bonchev–Trinajstić information content (AvgIpc) is 2.76. The molecule has 29 heavy (non-hydrogen) atoms. The van der Waals surface area contributed by atoms with E-state index in [-0.39, 0.29) is 5.91 Å². The summed E-state index contributed by atoms with van der Waals surface area (Å²) < 4.78 is 6.38. The van der Waals surface area contributed by atoms with Gasteiger partial charge in [-0.2, -0.15) is 0 Å². The molecule has 3 heterocycles. The van der Waals surface area contributed by atoms with Crippen LogP contribution in [0.3, 0.4) is 0 Å². The highest BCUT2D eigenvalue weighted by molar-refractivity contribution is 9.10. The van der Waals surface area contributed by atoms with Gasteiger partial charge in [0.1, 0.15) is 5.82 Å². The Bertz CT molecular complexity index is 801. The number of nitrogens with one attached hydrogen (secondary N) is 1. The van der Waals surface area contributed by atoms with Gasteiger partial charge < -0.3 is 19.9 Å². The highest BCUT2D eigenvalue weighted by Crippen LogP contribution is 2.19. The molecule has 0 radical (unpaired) electrons. The van der Waals surface area contributed by atoms with Gasteiger partial charge in [0.05, 0.1) is 19.8 Å². The number of amides is 1. The predicted molar refractivity (Wildman–Crippen MR) is 119 cm³/mol. The van der Waals surface area contributed by atoms with E-state index in [0.29, 0.717) is 6.54 Å². The third-order valence-corrected chi connectivity index (χ3v) is 5.77. The molecule has 1 N–H and O–H groups in total. The molecule has 2 aliphatic rings. The van der Waals surface area contributed by atoms with Gasteiger partial charge in [-0.05, 0) is 52.3 Å². The second-order valence-electron chi connectivity index (χ2n) is 7.29. The first-order chi connectivity index (χ1) is 14.2. The molecule has 1 amide bonds. The van der Waals surface area contributed by atoms with Crippen molar-refractivity contribution in [1.82, 2.24) is 9.88 Å². The fourth-order valence-corrected chi connectivity index (χ4v) is 3.91. The number of hydrogen-bond acceptors (Lipinski definition) is 6. The molecule has 1 aromatic carbocycles. The van der Waals surface area contributed by atoms with Crippen LogP contribution in [0.15, 0.2) is 47.1 Å². The van der Waals surface area contributed by atoms with Crippen LogP contribution in [0, 0.1) is 0 Å². The smallest absolute Gasteiger partial charge is 0.238 e. The molecule has 0 atom stereocenters. The van der Waals surface area contributed by atoms with E-state index in [0.717, 1.165) is 68.5 Å². The molecule has 154 valence electrons. The van der Waals surface area contributed by atoms with E-state index in [1.165, 1.54) is 5.69 Å². The largest absolute Gasteiger partial charge is 0.378 e. The van der Waals surface area contributed by atoms with Crippen LogP contribution in [-0.4, -0.2) is 74.8 Å². The van der Waals surface area contributed by atoms with Gasteiger partial charge in [-0.1, -0.05) is 0 Å². The van der Waals surface area contributed by atoms with Crippen LogP contribution >= 0.6 is 15.9 Å². The van der Waals surface area contributed by atoms with Crippen molar-refractivity contribution in [3.8, 4) is 0 Å². The number of anilines is 3. The standard InChI is InChI=1S/C21H26BrN5O2/c22-17-1-6-20(23-15-17)27-9-7-25(8-10-27)16-21(28)24-18-2-4-19(5-3-18)26-11-13-29-14-12-26/h1-6,15H,7-14,16H2,(H,24,28). The predicted octanol–water partition coefficient (Wildman–Crippen LogP) is 2.44. The van der Waals surface area contributed by atoms with Crippen LogP contribution in [-0.2, 0) is 9.53 Å². The van der Waals surface area contributed by atoms with E-state index >= 15 is 0 Å². The van der Waals surface area contributed by atoms with Crippen molar-refractivity contribution >= 4 is 39.0 Å². The summed E-state index contributed by atoms with van der Waals surface area (Å²) >= 11 is 3.42. The summed E-state index contributed by atoms with van der Waals surface area (Å²) in [6.45, 7) is 7.20. The van der Waals surface area contributed by atoms with Crippen molar-refractivity contribution < 1.29 is 9.53 Å². The monoisotopic (exact) mass is 459 g/mol. The maximum Gasteiger partial charge on any atom is 0.238 e. The van der Waals surface area contributed by atoms with Gasteiger partial charge in [0.25, 0.3) is 0 Å². The van der Waals surface area contributed by atoms with Crippen LogP contribution in [0.25, 0.3) is 0 Å². The number of carbonyl (C=O) groups is 1. The average molecular weight is 460 g/mol. The molecule has 8 heteroatoms. The summed E-state index contributed by atoms with van der Waals surface area (Å²) in [6.07, 6.45) is 1.82. The topological polar surface area (TPSA) is 60.9 Å². The van der Waals surface area contributed by atoms with Crippen LogP contribution in [0.5, 0.6) is 0 Å². The number of rotatable bonds is 5. The quantitative estimate of drug-likeness (QED) is 0.740. The maximum absolute atomic E-state index is 12.4. The van der Waals surface area contributed by atoms with Crippen molar-refractivity contribution in [2.75, 3.05) is 74.1 Å². The zero-order valence-electron chi connectivity index (χ0n) is 16.4. The Kier molecular flexibility index (Phi) is 6.63. The molecule has 1 aromatic heterocycles. The fourth-order valence-electron chi connectivity index (χ4n) is 3.67. The molecule has 2 aliphatic heterocycles. The lowest BCUT2D eigenvalue weighted by Gasteiger charge is -2.35. The Hall–Kier alpha value is -2.16. The minimum absolute atomic E-state index is 0.0272. The lowest BCUT2D eigenvalue weighted by atomic mass is 10.2. The number of benzene rings is 1. The number of ether oxygens (including phenoxy) is 1. The first-order valence-electron chi connectivity index (χ1n) is 9.99. The summed E-state index contributed by atoms with van der Waals surface area (Å²) in [5, 5.41) is 3.01. The van der Waals surface area contributed by atoms with Gasteiger partial charge in [0.2, 0.25) is 5.91 Å². The SMILES string of the molecule is O=C(CN1CCN(c2ccc(Br)cn2)CC1)Nc1ccc(N2CCOCC2)cc1. The fraction of sp³-hybridized carbons (Fsp3) is 0.429. The molecule has 0 unspecified atom stereocenters. The van der Waals surface area contributed by atoms with E-state index < -0.39 is 0 Å². The summed E-state index contributed by atoms with van der Waals surface area (Å²) in [6, 6.07) is 12.1. The van der Waals surface area contributed by atoms with Crippen molar-refractivity contribution in [3.63, 3.8) is 0 Å². The van der Waals surface area contributed by atoms with Crippen LogP contribution in [0.2, 0.25) is 0 Å². The lowest BCUT2D eigenvalue weighted by molar-refractivity contribution is -0.117. The van der Waals surface area contributed by atoms with Gasteiger partial charge in [-0.15, -0.1) is 0 Å². The number of halogens is 1. The number of nitrogens with zero attached hydrogens (tertiary/aromatic N) is 4. The van der Waals surface area contributed by atoms with E-state index in [1.807, 2.05) is 30.5 Å².